The third kappa shape index (κ3) is 4.07. The van der Waals surface area contributed by atoms with Gasteiger partial charge in [0.1, 0.15) is 11.4 Å². The maximum Gasteiger partial charge on any atom is 0.267 e. The Morgan fingerprint density at radius 1 is 1.00 bits per heavy atom. The van der Waals surface area contributed by atoms with Crippen molar-refractivity contribution in [2.24, 2.45) is 5.92 Å². The lowest BCUT2D eigenvalue weighted by molar-refractivity contribution is 0.0878. The summed E-state index contributed by atoms with van der Waals surface area (Å²) in [6, 6.07) is 7.03. The van der Waals surface area contributed by atoms with Gasteiger partial charge in [0.25, 0.3) is 11.8 Å². The highest BCUT2D eigenvalue weighted by Crippen LogP contribution is 2.26. The van der Waals surface area contributed by atoms with E-state index >= 15 is 0 Å². The van der Waals surface area contributed by atoms with Gasteiger partial charge in [0.15, 0.2) is 0 Å². The van der Waals surface area contributed by atoms with Gasteiger partial charge in [0, 0.05) is 25.0 Å². The van der Waals surface area contributed by atoms with Crippen LogP contribution in [0.3, 0.4) is 0 Å². The Bertz CT molecular complexity index is 643. The topological polar surface area (TPSA) is 89.8 Å². The lowest BCUT2D eigenvalue weighted by atomic mass is 9.83. The summed E-state index contributed by atoms with van der Waals surface area (Å²) in [5.41, 5.74) is 1.08. The summed E-state index contributed by atoms with van der Waals surface area (Å²) in [5, 5.41) is 6.03. The standard InChI is InChI=1S/C18H24N4O2/c23-17(14-8-4-10-19-14)21-12-16(13-6-2-1-3-7-13)22-18(24)15-9-5-11-20-15/h4-5,8-11,13,16,19-20H,1-3,6-7,12H2,(H,21,23)(H,22,24). The molecule has 1 aliphatic rings. The Hall–Kier alpha value is -2.50. The molecule has 4 N–H and O–H groups in total. The maximum atomic E-state index is 12.4. The first-order chi connectivity index (χ1) is 11.7. The Morgan fingerprint density at radius 2 is 1.62 bits per heavy atom. The van der Waals surface area contributed by atoms with Crippen LogP contribution in [0, 0.1) is 5.92 Å². The predicted octanol–water partition coefficient (Wildman–Crippen LogP) is 2.45. The molecule has 6 nitrogen and oxygen atoms in total. The molecule has 0 aromatic carbocycles. The van der Waals surface area contributed by atoms with Crippen molar-refractivity contribution >= 4 is 11.8 Å². The molecule has 6 heteroatoms. The van der Waals surface area contributed by atoms with Gasteiger partial charge in [0.05, 0.1) is 0 Å². The van der Waals surface area contributed by atoms with E-state index in [1.165, 1.54) is 19.3 Å². The molecule has 0 radical (unpaired) electrons. The van der Waals surface area contributed by atoms with Crippen molar-refractivity contribution in [2.45, 2.75) is 38.1 Å². The normalized spacial score (nSPS) is 16.5. The van der Waals surface area contributed by atoms with Gasteiger partial charge < -0.3 is 20.6 Å². The molecule has 0 bridgehead atoms. The number of carbonyl (C=O) groups excluding carboxylic acids is 2. The Kier molecular flexibility index (Phi) is 5.36. The minimum absolute atomic E-state index is 0.0555. The van der Waals surface area contributed by atoms with Gasteiger partial charge in [0.2, 0.25) is 0 Å². The number of aromatic nitrogens is 2. The molecule has 2 heterocycles. The van der Waals surface area contributed by atoms with Crippen LogP contribution in [0.15, 0.2) is 36.7 Å². The molecule has 3 rings (SSSR count). The van der Waals surface area contributed by atoms with Gasteiger partial charge in [-0.25, -0.2) is 0 Å². The van der Waals surface area contributed by atoms with Crippen LogP contribution in [0.5, 0.6) is 0 Å². The van der Waals surface area contributed by atoms with Crippen molar-refractivity contribution in [1.29, 1.82) is 0 Å². The fraction of sp³-hybridized carbons (Fsp3) is 0.444. The highest BCUT2D eigenvalue weighted by molar-refractivity contribution is 5.93. The van der Waals surface area contributed by atoms with Gasteiger partial charge >= 0.3 is 0 Å². The summed E-state index contributed by atoms with van der Waals surface area (Å²) in [6.45, 7) is 0.439. The van der Waals surface area contributed by atoms with E-state index < -0.39 is 0 Å². The molecule has 128 valence electrons. The van der Waals surface area contributed by atoms with Crippen LogP contribution in [0.2, 0.25) is 0 Å². The first-order valence-electron chi connectivity index (χ1n) is 8.60. The molecule has 0 saturated heterocycles. The third-order valence-electron chi connectivity index (χ3n) is 4.70. The van der Waals surface area contributed by atoms with E-state index in [0.29, 0.717) is 23.9 Å². The largest absolute Gasteiger partial charge is 0.357 e. The smallest absolute Gasteiger partial charge is 0.267 e. The molecule has 2 amide bonds. The lowest BCUT2D eigenvalue weighted by Crippen LogP contribution is -2.48. The van der Waals surface area contributed by atoms with Crippen molar-refractivity contribution < 1.29 is 9.59 Å². The second-order valence-electron chi connectivity index (χ2n) is 6.36. The number of nitrogens with one attached hydrogen (secondary N) is 4. The van der Waals surface area contributed by atoms with E-state index in [0.717, 1.165) is 12.8 Å². The van der Waals surface area contributed by atoms with Gasteiger partial charge in [-0.3, -0.25) is 9.59 Å². The monoisotopic (exact) mass is 328 g/mol. The first-order valence-corrected chi connectivity index (χ1v) is 8.60. The highest BCUT2D eigenvalue weighted by Gasteiger charge is 2.26. The molecule has 1 atom stereocenters. The summed E-state index contributed by atoms with van der Waals surface area (Å²) in [6.07, 6.45) is 9.26. The van der Waals surface area contributed by atoms with E-state index in [-0.39, 0.29) is 17.9 Å². The lowest BCUT2D eigenvalue weighted by Gasteiger charge is -2.31. The quantitative estimate of drug-likeness (QED) is 0.656. The summed E-state index contributed by atoms with van der Waals surface area (Å²) in [5.74, 6) is 0.140. The minimum Gasteiger partial charge on any atom is -0.357 e. The Morgan fingerprint density at radius 3 is 2.21 bits per heavy atom. The molecule has 2 aromatic rings. The third-order valence-corrected chi connectivity index (χ3v) is 4.70. The Labute approximate surface area is 141 Å². The summed E-state index contributed by atoms with van der Waals surface area (Å²) < 4.78 is 0. The molecule has 1 unspecified atom stereocenters. The second kappa shape index (κ2) is 7.86. The number of rotatable bonds is 6. The van der Waals surface area contributed by atoms with Gasteiger partial charge in [-0.05, 0) is 43.0 Å². The fourth-order valence-corrected chi connectivity index (χ4v) is 3.36. The van der Waals surface area contributed by atoms with E-state index in [9.17, 15) is 9.59 Å². The molecule has 0 aliphatic heterocycles. The van der Waals surface area contributed by atoms with E-state index in [4.69, 9.17) is 0 Å². The molecular weight excluding hydrogens is 304 g/mol. The van der Waals surface area contributed by atoms with Crippen LogP contribution in [0.1, 0.15) is 53.1 Å². The van der Waals surface area contributed by atoms with Crippen molar-refractivity contribution in [2.75, 3.05) is 6.54 Å². The average molecular weight is 328 g/mol. The molecule has 1 saturated carbocycles. The van der Waals surface area contributed by atoms with Gasteiger partial charge in [-0.1, -0.05) is 19.3 Å². The van der Waals surface area contributed by atoms with Crippen LogP contribution in [-0.2, 0) is 0 Å². The van der Waals surface area contributed by atoms with E-state index in [1.807, 2.05) is 0 Å². The number of H-pyrrole nitrogens is 2. The molecule has 2 aromatic heterocycles. The highest BCUT2D eigenvalue weighted by atomic mass is 16.2. The zero-order chi connectivity index (χ0) is 16.8. The minimum atomic E-state index is -0.144. The van der Waals surface area contributed by atoms with E-state index in [1.54, 1.807) is 36.7 Å². The zero-order valence-electron chi connectivity index (χ0n) is 13.7. The predicted molar refractivity (Wildman–Crippen MR) is 91.7 cm³/mol. The summed E-state index contributed by atoms with van der Waals surface area (Å²) in [4.78, 5) is 30.3. The van der Waals surface area contributed by atoms with Crippen LogP contribution in [0.25, 0.3) is 0 Å². The number of carbonyl (C=O) groups is 2. The van der Waals surface area contributed by atoms with E-state index in [2.05, 4.69) is 20.6 Å². The fourth-order valence-electron chi connectivity index (χ4n) is 3.36. The number of amides is 2. The maximum absolute atomic E-state index is 12.4. The second-order valence-corrected chi connectivity index (χ2v) is 6.36. The van der Waals surface area contributed by atoms with Gasteiger partial charge in [-0.2, -0.15) is 0 Å². The van der Waals surface area contributed by atoms with Crippen molar-refractivity contribution in [3.8, 4) is 0 Å². The SMILES string of the molecule is O=C(NCC(NC(=O)c1ccc[nH]1)C1CCCCC1)c1ccc[nH]1. The number of aromatic amines is 2. The van der Waals surface area contributed by atoms with Crippen LogP contribution >= 0.6 is 0 Å². The van der Waals surface area contributed by atoms with Crippen LogP contribution in [-0.4, -0.2) is 34.4 Å². The molecule has 24 heavy (non-hydrogen) atoms. The number of hydrogen-bond acceptors (Lipinski definition) is 2. The zero-order valence-corrected chi connectivity index (χ0v) is 13.7. The number of hydrogen-bond donors (Lipinski definition) is 4. The van der Waals surface area contributed by atoms with Crippen LogP contribution in [0.4, 0.5) is 0 Å². The first kappa shape index (κ1) is 16.4. The van der Waals surface area contributed by atoms with Gasteiger partial charge in [-0.15, -0.1) is 0 Å². The molecule has 1 fully saturated rings. The molecule has 0 spiro atoms. The summed E-state index contributed by atoms with van der Waals surface area (Å²) >= 11 is 0. The van der Waals surface area contributed by atoms with Crippen molar-refractivity contribution in [3.63, 3.8) is 0 Å². The Balaban J connectivity index is 1.62. The average Bonchev–Trinajstić information content (AvgIpc) is 3.32. The van der Waals surface area contributed by atoms with Crippen LogP contribution < -0.4 is 10.6 Å². The van der Waals surface area contributed by atoms with Crippen molar-refractivity contribution in [3.05, 3.63) is 48.0 Å². The molecule has 1 aliphatic carbocycles. The molecular formula is C18H24N4O2. The van der Waals surface area contributed by atoms with Crippen molar-refractivity contribution in [1.82, 2.24) is 20.6 Å². The summed E-state index contributed by atoms with van der Waals surface area (Å²) in [7, 11) is 0.